The smallest absolute Gasteiger partial charge is 0.408 e. The van der Waals surface area contributed by atoms with E-state index in [-0.39, 0.29) is 12.8 Å². The Morgan fingerprint density at radius 3 is 2.29 bits per heavy atom. The summed E-state index contributed by atoms with van der Waals surface area (Å²) in [6.45, 7) is 5.22. The van der Waals surface area contributed by atoms with Crippen molar-refractivity contribution in [3.8, 4) is 17.2 Å². The van der Waals surface area contributed by atoms with Crippen LogP contribution in [0.25, 0.3) is 0 Å². The van der Waals surface area contributed by atoms with Crippen molar-refractivity contribution in [2.45, 2.75) is 51.3 Å². The third-order valence-electron chi connectivity index (χ3n) is 5.53. The highest BCUT2D eigenvalue weighted by Gasteiger charge is 2.34. The van der Waals surface area contributed by atoms with E-state index >= 15 is 0 Å². The first kappa shape index (κ1) is 25.9. The standard InChI is InChI=1S/C26H32N2O7/c1-26(2,3)35-25(31)27-19-13-16-7-10-18(11-8-16)34-22-15-17(9-12-21(22)32-5)14-20(24(30)33-6)28(4)23(19)29/h7-12,15,19-20H,13-14H2,1-6H3,(H,27,31)/t19-,20-/m0/s1. The molecule has 2 amide bonds. The van der Waals surface area contributed by atoms with Crippen LogP contribution < -0.4 is 14.8 Å². The molecule has 2 aliphatic rings. The van der Waals surface area contributed by atoms with Crippen LogP contribution in [0.3, 0.4) is 0 Å². The van der Waals surface area contributed by atoms with Gasteiger partial charge in [-0.15, -0.1) is 0 Å². The van der Waals surface area contributed by atoms with Gasteiger partial charge in [0.15, 0.2) is 11.5 Å². The van der Waals surface area contributed by atoms with E-state index in [9.17, 15) is 14.4 Å². The zero-order valence-electron chi connectivity index (χ0n) is 20.9. The molecule has 4 bridgehead atoms. The zero-order valence-corrected chi connectivity index (χ0v) is 20.9. The van der Waals surface area contributed by atoms with Crippen LogP contribution in [0.1, 0.15) is 31.9 Å². The number of amides is 2. The Balaban J connectivity index is 2.04. The minimum atomic E-state index is -0.969. The predicted octanol–water partition coefficient (Wildman–Crippen LogP) is 3.48. The maximum absolute atomic E-state index is 13.6. The molecule has 2 aliphatic heterocycles. The van der Waals surface area contributed by atoms with Crippen LogP contribution in [0.4, 0.5) is 4.79 Å². The van der Waals surface area contributed by atoms with Crippen molar-refractivity contribution in [2.24, 2.45) is 0 Å². The fraction of sp³-hybridized carbons (Fsp3) is 0.423. The quantitative estimate of drug-likeness (QED) is 0.666. The number of esters is 1. The summed E-state index contributed by atoms with van der Waals surface area (Å²) >= 11 is 0. The molecule has 0 radical (unpaired) electrons. The maximum Gasteiger partial charge on any atom is 0.408 e. The molecule has 1 N–H and O–H groups in total. The van der Waals surface area contributed by atoms with Gasteiger partial charge in [-0.3, -0.25) is 4.79 Å². The van der Waals surface area contributed by atoms with Crippen LogP contribution in [0.15, 0.2) is 42.5 Å². The third-order valence-corrected chi connectivity index (χ3v) is 5.53. The fourth-order valence-corrected chi connectivity index (χ4v) is 3.77. The number of nitrogens with zero attached hydrogens (tertiary/aromatic N) is 1. The van der Waals surface area contributed by atoms with Crippen molar-refractivity contribution in [3.05, 3.63) is 53.6 Å². The van der Waals surface area contributed by atoms with E-state index < -0.39 is 35.7 Å². The second-order valence-corrected chi connectivity index (χ2v) is 9.33. The Morgan fingerprint density at radius 2 is 1.69 bits per heavy atom. The molecule has 9 nitrogen and oxygen atoms in total. The van der Waals surface area contributed by atoms with Crippen molar-refractivity contribution < 1.29 is 33.3 Å². The number of hydrogen-bond acceptors (Lipinski definition) is 7. The molecule has 2 aromatic rings. The van der Waals surface area contributed by atoms with Gasteiger partial charge in [0, 0.05) is 19.9 Å². The number of hydrogen-bond donors (Lipinski definition) is 1. The van der Waals surface area contributed by atoms with E-state index in [0.717, 1.165) is 11.1 Å². The van der Waals surface area contributed by atoms with Gasteiger partial charge < -0.3 is 29.2 Å². The first-order chi connectivity index (χ1) is 16.5. The monoisotopic (exact) mass is 484 g/mol. The molecule has 4 rings (SSSR count). The van der Waals surface area contributed by atoms with E-state index in [0.29, 0.717) is 17.2 Å². The molecule has 2 aromatic carbocycles. The van der Waals surface area contributed by atoms with Crippen molar-refractivity contribution in [2.75, 3.05) is 21.3 Å². The van der Waals surface area contributed by atoms with Gasteiger partial charge in [-0.1, -0.05) is 18.2 Å². The number of fused-ring (bicyclic) bond motifs is 7. The molecule has 0 aromatic heterocycles. The molecule has 0 saturated carbocycles. The molecule has 0 unspecified atom stereocenters. The molecule has 0 aliphatic carbocycles. The number of rotatable bonds is 3. The van der Waals surface area contributed by atoms with E-state index in [1.165, 1.54) is 19.1 Å². The van der Waals surface area contributed by atoms with Gasteiger partial charge in [0.1, 0.15) is 23.4 Å². The van der Waals surface area contributed by atoms with E-state index in [4.69, 9.17) is 18.9 Å². The second-order valence-electron chi connectivity index (χ2n) is 9.33. The number of ether oxygens (including phenoxy) is 4. The molecule has 0 fully saturated rings. The number of likely N-dealkylation sites (N-methyl/N-ethyl adjacent to an activating group) is 1. The topological polar surface area (TPSA) is 103 Å². The number of carbonyl (C=O) groups excluding carboxylic acids is 3. The molecule has 35 heavy (non-hydrogen) atoms. The fourth-order valence-electron chi connectivity index (χ4n) is 3.77. The van der Waals surface area contributed by atoms with Crippen LogP contribution in [0.5, 0.6) is 17.2 Å². The predicted molar refractivity (Wildman–Crippen MR) is 129 cm³/mol. The number of benzene rings is 2. The molecular formula is C26H32N2O7. The summed E-state index contributed by atoms with van der Waals surface area (Å²) in [5.41, 5.74) is 0.786. The molecule has 0 spiro atoms. The van der Waals surface area contributed by atoms with Crippen molar-refractivity contribution in [1.29, 1.82) is 0 Å². The number of alkyl carbamates (subject to hydrolysis) is 1. The normalized spacial score (nSPS) is 18.2. The molecular weight excluding hydrogens is 452 g/mol. The Bertz CT molecular complexity index is 1080. The van der Waals surface area contributed by atoms with Crippen LogP contribution in [0.2, 0.25) is 0 Å². The van der Waals surface area contributed by atoms with Gasteiger partial charge in [0.25, 0.3) is 0 Å². The second kappa shape index (κ2) is 10.7. The minimum Gasteiger partial charge on any atom is -0.493 e. The molecule has 0 saturated heterocycles. The lowest BCUT2D eigenvalue weighted by Gasteiger charge is -2.31. The Kier molecular flexibility index (Phi) is 7.89. The molecule has 9 heteroatoms. The summed E-state index contributed by atoms with van der Waals surface area (Å²) in [7, 11) is 4.33. The summed E-state index contributed by atoms with van der Waals surface area (Å²) in [5.74, 6) is 0.566. The third kappa shape index (κ3) is 6.65. The van der Waals surface area contributed by atoms with Gasteiger partial charge in [-0.05, 0) is 56.2 Å². The average Bonchev–Trinajstić information content (AvgIpc) is 2.80. The number of methoxy groups -OCH3 is 2. The molecule has 2 heterocycles. The largest absolute Gasteiger partial charge is 0.493 e. The summed E-state index contributed by atoms with van der Waals surface area (Å²) in [6.07, 6.45) is -0.364. The first-order valence-electron chi connectivity index (χ1n) is 11.3. The first-order valence-corrected chi connectivity index (χ1v) is 11.3. The van der Waals surface area contributed by atoms with E-state index in [1.54, 1.807) is 58.2 Å². The summed E-state index contributed by atoms with van der Waals surface area (Å²) in [6, 6.07) is 10.6. The van der Waals surface area contributed by atoms with Crippen molar-refractivity contribution in [3.63, 3.8) is 0 Å². The van der Waals surface area contributed by atoms with Crippen LogP contribution in [-0.2, 0) is 31.9 Å². The van der Waals surface area contributed by atoms with Gasteiger partial charge in [-0.25, -0.2) is 9.59 Å². The lowest BCUT2D eigenvalue weighted by atomic mass is 10.0. The van der Waals surface area contributed by atoms with Gasteiger partial charge in [0.2, 0.25) is 5.91 Å². The lowest BCUT2D eigenvalue weighted by molar-refractivity contribution is -0.152. The van der Waals surface area contributed by atoms with Crippen LogP contribution in [-0.4, -0.2) is 61.8 Å². The molecule has 188 valence electrons. The van der Waals surface area contributed by atoms with E-state index in [1.807, 2.05) is 12.1 Å². The highest BCUT2D eigenvalue weighted by Crippen LogP contribution is 2.33. The van der Waals surface area contributed by atoms with Gasteiger partial charge in [-0.2, -0.15) is 0 Å². The molecule has 2 atom stereocenters. The van der Waals surface area contributed by atoms with Crippen LogP contribution >= 0.6 is 0 Å². The van der Waals surface area contributed by atoms with Crippen molar-refractivity contribution >= 4 is 18.0 Å². The number of nitrogens with one attached hydrogen (secondary N) is 1. The van der Waals surface area contributed by atoms with Crippen LogP contribution in [0, 0.1) is 0 Å². The maximum atomic E-state index is 13.6. The Hall–Kier alpha value is -3.75. The minimum absolute atomic E-state index is 0.173. The van der Waals surface area contributed by atoms with Crippen molar-refractivity contribution in [1.82, 2.24) is 10.2 Å². The SMILES string of the molecule is COC(=O)[C@@H]1Cc2ccc(OC)c(c2)Oc2ccc(cc2)C[C@H](NC(=O)OC(C)(C)C)C(=O)N1C. The Morgan fingerprint density at radius 1 is 1.03 bits per heavy atom. The summed E-state index contributed by atoms with van der Waals surface area (Å²) in [4.78, 5) is 40.1. The lowest BCUT2D eigenvalue weighted by Crippen LogP contribution is -2.54. The highest BCUT2D eigenvalue weighted by atomic mass is 16.6. The van der Waals surface area contributed by atoms with E-state index in [2.05, 4.69) is 5.32 Å². The van der Waals surface area contributed by atoms with Gasteiger partial charge >= 0.3 is 12.1 Å². The number of carbonyl (C=O) groups is 3. The summed E-state index contributed by atoms with van der Waals surface area (Å²) < 4.78 is 21.8. The van der Waals surface area contributed by atoms with Gasteiger partial charge in [0.05, 0.1) is 14.2 Å². The highest BCUT2D eigenvalue weighted by molar-refractivity contribution is 5.90. The average molecular weight is 485 g/mol. The Labute approximate surface area is 205 Å². The zero-order chi connectivity index (χ0) is 25.8. The summed E-state index contributed by atoms with van der Waals surface area (Å²) in [5, 5.41) is 2.67.